The Balaban J connectivity index is 2.05. The molecule has 0 aromatic rings. The van der Waals surface area contributed by atoms with Crippen molar-refractivity contribution in [2.75, 3.05) is 13.1 Å². The van der Waals surface area contributed by atoms with Crippen LogP contribution >= 0.6 is 0 Å². The zero-order valence-electron chi connectivity index (χ0n) is 8.45. The van der Waals surface area contributed by atoms with Crippen molar-refractivity contribution in [2.24, 2.45) is 5.41 Å². The molecule has 1 nitrogen and oxygen atoms in total. The summed E-state index contributed by atoms with van der Waals surface area (Å²) >= 11 is 0. The topological polar surface area (TPSA) is 12.0 Å². The third-order valence-corrected chi connectivity index (χ3v) is 2.99. The van der Waals surface area contributed by atoms with Crippen molar-refractivity contribution in [3.63, 3.8) is 0 Å². The van der Waals surface area contributed by atoms with Crippen molar-refractivity contribution < 1.29 is 0 Å². The van der Waals surface area contributed by atoms with E-state index in [9.17, 15) is 0 Å². The summed E-state index contributed by atoms with van der Waals surface area (Å²) in [5, 5.41) is 3.48. The van der Waals surface area contributed by atoms with E-state index in [2.05, 4.69) is 25.7 Å². The lowest BCUT2D eigenvalue weighted by Crippen LogP contribution is -2.37. The Labute approximate surface area is 76.2 Å². The molecule has 1 heteroatoms. The van der Waals surface area contributed by atoms with Crippen LogP contribution in [-0.4, -0.2) is 13.1 Å². The van der Waals surface area contributed by atoms with Gasteiger partial charge < -0.3 is 5.32 Å². The zero-order valence-corrected chi connectivity index (χ0v) is 8.45. The van der Waals surface area contributed by atoms with Crippen LogP contribution < -0.4 is 5.32 Å². The van der Waals surface area contributed by atoms with Gasteiger partial charge in [-0.3, -0.25) is 0 Å². The maximum absolute atomic E-state index is 3.97. The first-order chi connectivity index (χ1) is 5.66. The molecule has 1 N–H and O–H groups in total. The minimum absolute atomic E-state index is 0.605. The fraction of sp³-hybridized carbons (Fsp3) is 0.818. The van der Waals surface area contributed by atoms with E-state index in [0.717, 1.165) is 13.0 Å². The molecule has 0 bridgehead atoms. The fourth-order valence-corrected chi connectivity index (χ4v) is 1.62. The number of nitrogens with one attached hydrogen (secondary N) is 1. The third-order valence-electron chi connectivity index (χ3n) is 2.99. The van der Waals surface area contributed by atoms with Gasteiger partial charge in [0.25, 0.3) is 0 Å². The summed E-state index contributed by atoms with van der Waals surface area (Å²) in [6, 6.07) is 0. The molecule has 0 amide bonds. The first-order valence-electron chi connectivity index (χ1n) is 5.04. The molecule has 1 aliphatic carbocycles. The Bertz CT molecular complexity index is 156. The van der Waals surface area contributed by atoms with Crippen molar-refractivity contribution in [1.29, 1.82) is 0 Å². The van der Waals surface area contributed by atoms with Gasteiger partial charge in [0.05, 0.1) is 0 Å². The van der Waals surface area contributed by atoms with E-state index in [1.807, 2.05) is 0 Å². The van der Waals surface area contributed by atoms with Gasteiger partial charge in [0, 0.05) is 13.1 Å². The van der Waals surface area contributed by atoms with Crippen LogP contribution in [0.5, 0.6) is 0 Å². The number of hydrogen-bond donors (Lipinski definition) is 1. The Morgan fingerprint density at radius 1 is 1.50 bits per heavy atom. The highest BCUT2D eigenvalue weighted by molar-refractivity contribution is 4.96. The van der Waals surface area contributed by atoms with Crippen molar-refractivity contribution in [3.05, 3.63) is 12.2 Å². The second-order valence-electron chi connectivity index (χ2n) is 4.37. The lowest BCUT2D eigenvalue weighted by molar-refractivity contribution is 0.158. The lowest BCUT2D eigenvalue weighted by Gasteiger charge is -2.38. The van der Waals surface area contributed by atoms with Gasteiger partial charge in [-0.2, -0.15) is 0 Å². The van der Waals surface area contributed by atoms with Crippen LogP contribution in [0.2, 0.25) is 0 Å². The Morgan fingerprint density at radius 2 is 2.17 bits per heavy atom. The highest BCUT2D eigenvalue weighted by Crippen LogP contribution is 2.39. The quantitative estimate of drug-likeness (QED) is 0.621. The molecule has 0 aromatic carbocycles. The molecule has 1 rings (SSSR count). The number of hydrogen-bond acceptors (Lipinski definition) is 1. The SMILES string of the molecule is C=C(CC)CNCC1(C)CCC1. The molecule has 0 unspecified atom stereocenters. The minimum atomic E-state index is 0.605. The van der Waals surface area contributed by atoms with Gasteiger partial charge in [-0.1, -0.05) is 32.4 Å². The van der Waals surface area contributed by atoms with Crippen LogP contribution in [-0.2, 0) is 0 Å². The van der Waals surface area contributed by atoms with E-state index in [-0.39, 0.29) is 0 Å². The van der Waals surface area contributed by atoms with Gasteiger partial charge in [0.15, 0.2) is 0 Å². The van der Waals surface area contributed by atoms with E-state index in [1.54, 1.807) is 0 Å². The molecule has 1 fully saturated rings. The predicted octanol–water partition coefficient (Wildman–Crippen LogP) is 2.73. The minimum Gasteiger partial charge on any atom is -0.312 e. The average molecular weight is 167 g/mol. The van der Waals surface area contributed by atoms with E-state index < -0.39 is 0 Å². The molecule has 0 aromatic heterocycles. The van der Waals surface area contributed by atoms with E-state index >= 15 is 0 Å². The summed E-state index contributed by atoms with van der Waals surface area (Å²) in [6.07, 6.45) is 5.33. The standard InChI is InChI=1S/C11H21N/c1-4-10(2)8-12-9-11(3)6-5-7-11/h12H,2,4-9H2,1,3H3. The molecule has 0 saturated heterocycles. The monoisotopic (exact) mass is 167 g/mol. The highest BCUT2D eigenvalue weighted by atomic mass is 14.9. The van der Waals surface area contributed by atoms with Crippen molar-refractivity contribution in [3.8, 4) is 0 Å². The zero-order chi connectivity index (χ0) is 9.03. The Hall–Kier alpha value is -0.300. The summed E-state index contributed by atoms with van der Waals surface area (Å²) in [7, 11) is 0. The van der Waals surface area contributed by atoms with Crippen LogP contribution in [0, 0.1) is 5.41 Å². The van der Waals surface area contributed by atoms with Crippen LogP contribution in [0.25, 0.3) is 0 Å². The van der Waals surface area contributed by atoms with Crippen LogP contribution in [0.4, 0.5) is 0 Å². The number of rotatable bonds is 5. The average Bonchev–Trinajstić information content (AvgIpc) is 2.01. The van der Waals surface area contributed by atoms with Crippen LogP contribution in [0.3, 0.4) is 0 Å². The molecule has 12 heavy (non-hydrogen) atoms. The predicted molar refractivity (Wildman–Crippen MR) is 54.3 cm³/mol. The first kappa shape index (κ1) is 9.79. The largest absolute Gasteiger partial charge is 0.312 e. The molecule has 0 aliphatic heterocycles. The second kappa shape index (κ2) is 4.08. The lowest BCUT2D eigenvalue weighted by atomic mass is 9.70. The van der Waals surface area contributed by atoms with Gasteiger partial charge in [0.2, 0.25) is 0 Å². The molecule has 0 heterocycles. The second-order valence-corrected chi connectivity index (χ2v) is 4.37. The summed E-state index contributed by atoms with van der Waals surface area (Å²) in [5.41, 5.74) is 1.92. The summed E-state index contributed by atoms with van der Waals surface area (Å²) < 4.78 is 0. The van der Waals surface area contributed by atoms with Crippen molar-refractivity contribution >= 4 is 0 Å². The van der Waals surface area contributed by atoms with Gasteiger partial charge in [-0.15, -0.1) is 0 Å². The molecule has 0 radical (unpaired) electrons. The van der Waals surface area contributed by atoms with Crippen LogP contribution in [0.1, 0.15) is 39.5 Å². The smallest absolute Gasteiger partial charge is 0.0162 e. The molecule has 1 saturated carbocycles. The highest BCUT2D eigenvalue weighted by Gasteiger charge is 2.30. The summed E-state index contributed by atoms with van der Waals surface area (Å²) in [4.78, 5) is 0. The molecular formula is C11H21N. The molecule has 0 spiro atoms. The maximum Gasteiger partial charge on any atom is 0.0162 e. The maximum atomic E-state index is 3.97. The van der Waals surface area contributed by atoms with Gasteiger partial charge in [-0.25, -0.2) is 0 Å². The summed E-state index contributed by atoms with van der Waals surface area (Å²) in [6.45, 7) is 10.7. The summed E-state index contributed by atoms with van der Waals surface area (Å²) in [5.74, 6) is 0. The van der Waals surface area contributed by atoms with Crippen molar-refractivity contribution in [1.82, 2.24) is 5.32 Å². The van der Waals surface area contributed by atoms with E-state index in [4.69, 9.17) is 0 Å². The van der Waals surface area contributed by atoms with E-state index in [0.29, 0.717) is 5.41 Å². The van der Waals surface area contributed by atoms with Gasteiger partial charge in [0.1, 0.15) is 0 Å². The Kier molecular flexibility index (Phi) is 3.33. The molecule has 70 valence electrons. The van der Waals surface area contributed by atoms with Gasteiger partial charge >= 0.3 is 0 Å². The molecular weight excluding hydrogens is 146 g/mol. The van der Waals surface area contributed by atoms with E-state index in [1.165, 1.54) is 31.4 Å². The third kappa shape index (κ3) is 2.63. The Morgan fingerprint density at radius 3 is 2.58 bits per heavy atom. The van der Waals surface area contributed by atoms with Crippen LogP contribution in [0.15, 0.2) is 12.2 Å². The van der Waals surface area contributed by atoms with Gasteiger partial charge in [-0.05, 0) is 24.7 Å². The normalized spacial score (nSPS) is 20.2. The molecule has 0 atom stereocenters. The first-order valence-corrected chi connectivity index (χ1v) is 5.04. The molecule has 1 aliphatic rings. The fourth-order valence-electron chi connectivity index (χ4n) is 1.62. The van der Waals surface area contributed by atoms with Crippen molar-refractivity contribution in [2.45, 2.75) is 39.5 Å².